The smallest absolute Gasteiger partial charge is 0.270 e. The van der Waals surface area contributed by atoms with Gasteiger partial charge >= 0.3 is 0 Å². The molecule has 17 heavy (non-hydrogen) atoms. The lowest BCUT2D eigenvalue weighted by atomic mass is 10.0. The highest BCUT2D eigenvalue weighted by Gasteiger charge is 2.15. The number of nitro groups is 1. The van der Waals surface area contributed by atoms with Crippen LogP contribution >= 0.6 is 12.4 Å². The second kappa shape index (κ2) is 7.05. The summed E-state index contributed by atoms with van der Waals surface area (Å²) >= 11 is 0. The van der Waals surface area contributed by atoms with Crippen LogP contribution in [0.2, 0.25) is 0 Å². The van der Waals surface area contributed by atoms with E-state index < -0.39 is 11.0 Å². The molecule has 0 unspecified atom stereocenters. The van der Waals surface area contributed by atoms with E-state index in [1.165, 1.54) is 18.2 Å². The zero-order chi connectivity index (χ0) is 12.1. The monoisotopic (exact) mass is 262 g/mol. The summed E-state index contributed by atoms with van der Waals surface area (Å²) < 4.78 is 0. The first-order chi connectivity index (χ1) is 7.56. The van der Waals surface area contributed by atoms with Gasteiger partial charge in [-0.05, 0) is 18.9 Å². The summed E-state index contributed by atoms with van der Waals surface area (Å²) in [6.45, 7) is 0.00336. The zero-order valence-corrected chi connectivity index (χ0v) is 9.89. The van der Waals surface area contributed by atoms with E-state index >= 15 is 0 Å². The van der Waals surface area contributed by atoms with Crippen LogP contribution in [0.5, 0.6) is 5.75 Å². The number of rotatable bonds is 5. The molecule has 0 spiro atoms. The lowest BCUT2D eigenvalue weighted by Gasteiger charge is -2.12. The lowest BCUT2D eigenvalue weighted by molar-refractivity contribution is -0.385. The minimum absolute atomic E-state index is 0. The number of nitrogens with zero attached hydrogens (tertiary/aromatic N) is 1. The Hall–Kier alpha value is -1.37. The van der Waals surface area contributed by atoms with Crippen LogP contribution in [0.25, 0.3) is 0 Å². The summed E-state index contributed by atoms with van der Waals surface area (Å²) in [4.78, 5) is 10.0. The van der Waals surface area contributed by atoms with Crippen LogP contribution in [-0.2, 0) is 0 Å². The van der Waals surface area contributed by atoms with Crippen LogP contribution in [0.15, 0.2) is 18.2 Å². The van der Waals surface area contributed by atoms with Crippen LogP contribution in [0.1, 0.15) is 24.4 Å². The first kappa shape index (κ1) is 15.6. The minimum Gasteiger partial charge on any atom is -0.508 e. The first-order valence-electron chi connectivity index (χ1n) is 4.90. The number of nitro benzene ring substituents is 1. The molecule has 0 saturated carbocycles. The van der Waals surface area contributed by atoms with Gasteiger partial charge in [0.25, 0.3) is 5.69 Å². The van der Waals surface area contributed by atoms with Crippen molar-refractivity contribution in [3.8, 4) is 5.75 Å². The number of nitrogens with two attached hydrogens (primary N) is 1. The predicted octanol–water partition coefficient (Wildman–Crippen LogP) is 1.49. The van der Waals surface area contributed by atoms with Gasteiger partial charge < -0.3 is 15.9 Å². The molecule has 0 heterocycles. The van der Waals surface area contributed by atoms with Gasteiger partial charge in [0.2, 0.25) is 0 Å². The topological polar surface area (TPSA) is 110 Å². The number of aliphatic hydroxyl groups is 1. The molecule has 1 rings (SSSR count). The number of aliphatic hydroxyl groups excluding tert-OH is 1. The Morgan fingerprint density at radius 2 is 2.12 bits per heavy atom. The van der Waals surface area contributed by atoms with E-state index in [0.717, 1.165) is 0 Å². The fraction of sp³-hybridized carbons (Fsp3) is 0.400. The number of non-ortho nitro benzene ring substituents is 1. The number of hydrogen-bond donors (Lipinski definition) is 3. The SMILES string of the molecule is Cl.N[C@H](CCCO)c1cc([N+](=O)[O-])ccc1O. The second-order valence-electron chi connectivity index (χ2n) is 3.47. The van der Waals surface area contributed by atoms with Crippen molar-refractivity contribution in [3.63, 3.8) is 0 Å². The summed E-state index contributed by atoms with van der Waals surface area (Å²) in [5.74, 6) is -0.0592. The van der Waals surface area contributed by atoms with Crippen molar-refractivity contribution in [2.75, 3.05) is 6.61 Å². The van der Waals surface area contributed by atoms with E-state index in [1.807, 2.05) is 0 Å². The Labute approximate surface area is 105 Å². The van der Waals surface area contributed by atoms with Crippen LogP contribution in [0.3, 0.4) is 0 Å². The summed E-state index contributed by atoms with van der Waals surface area (Å²) in [5, 5.41) is 28.7. The maximum Gasteiger partial charge on any atom is 0.270 e. The van der Waals surface area contributed by atoms with Gasteiger partial charge in [0.1, 0.15) is 5.75 Å². The van der Waals surface area contributed by atoms with E-state index in [9.17, 15) is 15.2 Å². The molecule has 0 aliphatic heterocycles. The van der Waals surface area contributed by atoms with Gasteiger partial charge in [0, 0.05) is 30.3 Å². The zero-order valence-electron chi connectivity index (χ0n) is 9.07. The number of halogens is 1. The molecular formula is C10H15ClN2O4. The molecule has 0 bridgehead atoms. The molecule has 96 valence electrons. The molecule has 0 aliphatic rings. The molecule has 0 saturated heterocycles. The summed E-state index contributed by atoms with van der Waals surface area (Å²) in [6.07, 6.45) is 0.953. The van der Waals surface area contributed by atoms with Gasteiger partial charge in [0.15, 0.2) is 0 Å². The maximum absolute atomic E-state index is 10.5. The van der Waals surface area contributed by atoms with Gasteiger partial charge in [-0.25, -0.2) is 0 Å². The minimum atomic E-state index is -0.540. The average Bonchev–Trinajstić information content (AvgIpc) is 2.26. The normalized spacial score (nSPS) is 11.6. The quantitative estimate of drug-likeness (QED) is 0.550. The van der Waals surface area contributed by atoms with Crippen LogP contribution in [-0.4, -0.2) is 21.7 Å². The number of phenolic OH excluding ortho intramolecular Hbond substituents is 1. The molecule has 4 N–H and O–H groups in total. The molecule has 0 fully saturated rings. The van der Waals surface area contributed by atoms with Crippen LogP contribution < -0.4 is 5.73 Å². The molecular weight excluding hydrogens is 248 g/mol. The van der Waals surface area contributed by atoms with E-state index in [-0.39, 0.29) is 30.5 Å². The Balaban J connectivity index is 0.00000256. The van der Waals surface area contributed by atoms with Crippen molar-refractivity contribution in [3.05, 3.63) is 33.9 Å². The summed E-state index contributed by atoms with van der Waals surface area (Å²) in [6, 6.07) is 3.23. The second-order valence-corrected chi connectivity index (χ2v) is 3.47. The molecule has 6 nitrogen and oxygen atoms in total. The molecule has 0 radical (unpaired) electrons. The van der Waals surface area contributed by atoms with E-state index in [2.05, 4.69) is 0 Å². The van der Waals surface area contributed by atoms with Gasteiger partial charge in [0.05, 0.1) is 4.92 Å². The number of hydrogen-bond acceptors (Lipinski definition) is 5. The number of benzene rings is 1. The van der Waals surface area contributed by atoms with Crippen molar-refractivity contribution in [1.82, 2.24) is 0 Å². The average molecular weight is 263 g/mol. The van der Waals surface area contributed by atoms with Crippen molar-refractivity contribution < 1.29 is 15.1 Å². The third-order valence-corrected chi connectivity index (χ3v) is 2.29. The van der Waals surface area contributed by atoms with Crippen molar-refractivity contribution in [2.45, 2.75) is 18.9 Å². The third-order valence-electron chi connectivity index (χ3n) is 2.29. The molecule has 0 aromatic heterocycles. The lowest BCUT2D eigenvalue weighted by Crippen LogP contribution is -2.11. The largest absolute Gasteiger partial charge is 0.508 e. The van der Waals surface area contributed by atoms with E-state index in [1.54, 1.807) is 0 Å². The molecule has 1 atom stereocenters. The molecule has 1 aromatic rings. The maximum atomic E-state index is 10.5. The molecule has 1 aromatic carbocycles. The Morgan fingerprint density at radius 3 is 2.65 bits per heavy atom. The summed E-state index contributed by atoms with van der Waals surface area (Å²) in [5.41, 5.74) is 5.99. The fourth-order valence-electron chi connectivity index (χ4n) is 1.42. The van der Waals surface area contributed by atoms with Gasteiger partial charge in [-0.15, -0.1) is 12.4 Å². The van der Waals surface area contributed by atoms with E-state index in [4.69, 9.17) is 10.8 Å². The Kier molecular flexibility index (Phi) is 6.48. The molecule has 7 heteroatoms. The highest BCUT2D eigenvalue weighted by molar-refractivity contribution is 5.85. The standard InChI is InChI=1S/C10H14N2O4.ClH/c11-9(2-1-5-13)8-6-7(12(15)16)3-4-10(8)14;/h3-4,6,9,13-14H,1-2,5,11H2;1H/t9-;/m1./s1. The predicted molar refractivity (Wildman–Crippen MR) is 65.3 cm³/mol. The third kappa shape index (κ3) is 4.18. The summed E-state index contributed by atoms with van der Waals surface area (Å²) in [7, 11) is 0. The number of phenols is 1. The van der Waals surface area contributed by atoms with Crippen molar-refractivity contribution >= 4 is 18.1 Å². The highest BCUT2D eigenvalue weighted by Crippen LogP contribution is 2.29. The van der Waals surface area contributed by atoms with Crippen LogP contribution in [0, 0.1) is 10.1 Å². The molecule has 0 aliphatic carbocycles. The van der Waals surface area contributed by atoms with Gasteiger partial charge in [-0.3, -0.25) is 10.1 Å². The van der Waals surface area contributed by atoms with Crippen molar-refractivity contribution in [1.29, 1.82) is 0 Å². The first-order valence-corrected chi connectivity index (χ1v) is 4.90. The van der Waals surface area contributed by atoms with Crippen molar-refractivity contribution in [2.24, 2.45) is 5.73 Å². The van der Waals surface area contributed by atoms with Gasteiger partial charge in [-0.1, -0.05) is 0 Å². The highest BCUT2D eigenvalue weighted by atomic mass is 35.5. The molecule has 0 amide bonds. The number of aromatic hydroxyl groups is 1. The van der Waals surface area contributed by atoms with Gasteiger partial charge in [-0.2, -0.15) is 0 Å². The fourth-order valence-corrected chi connectivity index (χ4v) is 1.42. The van der Waals surface area contributed by atoms with E-state index in [0.29, 0.717) is 18.4 Å². The van der Waals surface area contributed by atoms with Crippen LogP contribution in [0.4, 0.5) is 5.69 Å². The Morgan fingerprint density at radius 1 is 1.47 bits per heavy atom. The Bertz CT molecular complexity index is 387.